The van der Waals surface area contributed by atoms with E-state index < -0.39 is 20.8 Å². The predicted octanol–water partition coefficient (Wildman–Crippen LogP) is 9.28. The van der Waals surface area contributed by atoms with Gasteiger partial charge in [-0.25, -0.2) is 0 Å². The molecule has 6 rings (SSSR count). The third-order valence-corrected chi connectivity index (χ3v) is 8.24. The molecule has 2 radical (unpaired) electrons. The van der Waals surface area contributed by atoms with Gasteiger partial charge >= 0.3 is 37.9 Å². The number of hydrogen-bond donors (Lipinski definition) is 0. The van der Waals surface area contributed by atoms with Gasteiger partial charge in [0.15, 0.2) is 0 Å². The summed E-state index contributed by atoms with van der Waals surface area (Å²) >= 11 is -0.826. The van der Waals surface area contributed by atoms with Gasteiger partial charge in [0, 0.05) is 0 Å². The van der Waals surface area contributed by atoms with Crippen LogP contribution >= 0.6 is 17.0 Å². The molecule has 1 heterocycles. The molecule has 0 saturated heterocycles. The fourth-order valence-corrected chi connectivity index (χ4v) is 6.49. The molecule has 0 amide bonds. The summed E-state index contributed by atoms with van der Waals surface area (Å²) in [5.41, 5.74) is 9.84. The normalized spacial score (nSPS) is 11.3. The third-order valence-electron chi connectivity index (χ3n) is 6.87. The van der Waals surface area contributed by atoms with Crippen LogP contribution in [0.1, 0.15) is 56.2 Å². The molecule has 0 saturated carbocycles. The van der Waals surface area contributed by atoms with Crippen molar-refractivity contribution < 1.29 is 20.8 Å². The van der Waals surface area contributed by atoms with E-state index in [0.717, 1.165) is 9.52 Å². The van der Waals surface area contributed by atoms with Gasteiger partial charge in [0.1, 0.15) is 0 Å². The molecular weight excluding hydrogens is 599 g/mol. The van der Waals surface area contributed by atoms with Crippen molar-refractivity contribution in [1.29, 1.82) is 0 Å². The van der Waals surface area contributed by atoms with Crippen molar-refractivity contribution in [1.82, 2.24) is 0 Å². The number of benzene rings is 4. The van der Waals surface area contributed by atoms with Gasteiger partial charge in [0.05, 0.1) is 9.52 Å². The average Bonchev–Trinajstić information content (AvgIpc) is 3.48. The Morgan fingerprint density at radius 2 is 1.39 bits per heavy atom. The van der Waals surface area contributed by atoms with Crippen molar-refractivity contribution in [2.45, 2.75) is 46.5 Å². The molecule has 1 aliphatic heterocycles. The Balaban J connectivity index is 0.000000177. The van der Waals surface area contributed by atoms with Crippen molar-refractivity contribution in [3.05, 3.63) is 114 Å². The van der Waals surface area contributed by atoms with E-state index in [-0.39, 0.29) is 0 Å². The van der Waals surface area contributed by atoms with Crippen molar-refractivity contribution in [2.24, 2.45) is 0 Å². The zero-order valence-corrected chi connectivity index (χ0v) is 27.5. The molecule has 38 heavy (non-hydrogen) atoms. The van der Waals surface area contributed by atoms with Crippen molar-refractivity contribution >= 4 is 47.7 Å². The van der Waals surface area contributed by atoms with Crippen LogP contribution in [-0.4, -0.2) is 9.52 Å². The van der Waals surface area contributed by atoms with Gasteiger partial charge in [-0.05, 0) is 23.0 Å². The van der Waals surface area contributed by atoms with Gasteiger partial charge < -0.3 is 0 Å². The van der Waals surface area contributed by atoms with Crippen LogP contribution in [0.5, 0.6) is 0 Å². The fourth-order valence-electron chi connectivity index (χ4n) is 5.18. The van der Waals surface area contributed by atoms with Gasteiger partial charge in [-0.2, -0.15) is 35.5 Å². The Kier molecular flexibility index (Phi) is 10.4. The van der Waals surface area contributed by atoms with E-state index in [1.807, 2.05) is 6.07 Å². The maximum atomic E-state index is 4.93. The monoisotopic (exact) mass is 628 g/mol. The average molecular weight is 631 g/mol. The van der Waals surface area contributed by atoms with Gasteiger partial charge in [0.2, 0.25) is 0 Å². The molecule has 4 heteroatoms. The SMILES string of the molecule is Cc1cc2c(-c3ccccc3C(C)C)c(C(C)C)ccc2[cH-]1.[Cl][Zr+2][Cl].[c-]1cccc2c1[Si]c1ccccc1-2. The molecule has 0 N–H and O–H groups in total. The molecule has 190 valence electrons. The summed E-state index contributed by atoms with van der Waals surface area (Å²) in [5.74, 6) is 1.05. The molecular formula is C34H32Cl2SiZr. The maximum Gasteiger partial charge on any atom is 0.0920 e. The van der Waals surface area contributed by atoms with Crippen LogP contribution in [0.25, 0.3) is 33.0 Å². The number of halogens is 2. The van der Waals surface area contributed by atoms with Crippen LogP contribution in [0.3, 0.4) is 0 Å². The Morgan fingerprint density at radius 3 is 2.11 bits per heavy atom. The first-order valence-corrected chi connectivity index (χ1v) is 20.3. The molecule has 0 bridgehead atoms. The van der Waals surface area contributed by atoms with Crippen molar-refractivity contribution in [3.63, 3.8) is 0 Å². The molecule has 1 aliphatic rings. The van der Waals surface area contributed by atoms with Gasteiger partial charge in [-0.1, -0.05) is 105 Å². The number of aryl methyl sites for hydroxylation is 1. The number of fused-ring (bicyclic) bond motifs is 4. The van der Waals surface area contributed by atoms with E-state index in [9.17, 15) is 0 Å². The van der Waals surface area contributed by atoms with E-state index >= 15 is 0 Å². The minimum atomic E-state index is -0.826. The number of rotatable bonds is 3. The van der Waals surface area contributed by atoms with Crippen LogP contribution in [-0.2, 0) is 20.8 Å². The van der Waals surface area contributed by atoms with E-state index in [1.165, 1.54) is 60.1 Å². The third kappa shape index (κ3) is 6.48. The molecule has 5 aromatic rings. The summed E-state index contributed by atoms with van der Waals surface area (Å²) in [6.07, 6.45) is 0. The quantitative estimate of drug-likeness (QED) is 0.135. The second-order valence-electron chi connectivity index (χ2n) is 10.2. The fraction of sp³-hybridized carbons (Fsp3) is 0.206. The van der Waals surface area contributed by atoms with Crippen molar-refractivity contribution in [2.75, 3.05) is 0 Å². The smallest absolute Gasteiger partial charge is 0.0920 e. The van der Waals surface area contributed by atoms with Crippen LogP contribution in [0.2, 0.25) is 0 Å². The summed E-state index contributed by atoms with van der Waals surface area (Å²) in [4.78, 5) is 0. The van der Waals surface area contributed by atoms with Gasteiger partial charge in [-0.3, -0.25) is 0 Å². The van der Waals surface area contributed by atoms with E-state index in [1.54, 1.807) is 0 Å². The molecule has 0 unspecified atom stereocenters. The van der Waals surface area contributed by atoms with Gasteiger partial charge in [0.25, 0.3) is 0 Å². The Labute approximate surface area is 249 Å². The first-order valence-electron chi connectivity index (χ1n) is 13.0. The Bertz CT molecular complexity index is 1470. The first-order chi connectivity index (χ1) is 18.3. The van der Waals surface area contributed by atoms with Crippen molar-refractivity contribution in [3.8, 4) is 22.3 Å². The minimum absolute atomic E-state index is 0.523. The molecule has 0 spiro atoms. The van der Waals surface area contributed by atoms with Crippen LogP contribution in [0.4, 0.5) is 0 Å². The molecule has 0 aliphatic carbocycles. The Hall–Kier alpha value is -1.83. The predicted molar refractivity (Wildman–Crippen MR) is 165 cm³/mol. The zero-order valence-electron chi connectivity index (χ0n) is 22.6. The molecule has 0 fully saturated rings. The van der Waals surface area contributed by atoms with Crippen LogP contribution in [0, 0.1) is 13.0 Å². The van der Waals surface area contributed by atoms with Crippen LogP contribution < -0.4 is 10.4 Å². The largest absolute Gasteiger partial charge is 0.184 e. The summed E-state index contributed by atoms with van der Waals surface area (Å²) in [6.45, 7) is 11.3. The Morgan fingerprint density at radius 1 is 0.763 bits per heavy atom. The maximum absolute atomic E-state index is 4.93. The van der Waals surface area contributed by atoms with E-state index in [0.29, 0.717) is 11.8 Å². The van der Waals surface area contributed by atoms with E-state index in [4.69, 9.17) is 17.0 Å². The summed E-state index contributed by atoms with van der Waals surface area (Å²) < 4.78 is 0. The zero-order chi connectivity index (χ0) is 27.2. The molecule has 0 nitrogen and oxygen atoms in total. The second-order valence-corrected chi connectivity index (χ2v) is 15.2. The second kappa shape index (κ2) is 13.5. The molecule has 5 aromatic carbocycles. The number of hydrogen-bond acceptors (Lipinski definition) is 0. The molecule has 0 aromatic heterocycles. The summed E-state index contributed by atoms with van der Waals surface area (Å²) in [6, 6.07) is 36.3. The van der Waals surface area contributed by atoms with Gasteiger partial charge in [-0.15, -0.1) is 40.1 Å². The topological polar surface area (TPSA) is 0 Å². The standard InChI is InChI=1S/C22H25.C12H7Si.2ClH.Zr/c1-14(2)18-8-6-7-9-20(18)22-19(15(3)4)11-10-17-12-16(5)13-21(17)22;1-3-7-11-9(5-1)10-6-2-4-8-12(10)13-11;;;/h6-15H,1-5H3;1-7H;2*1H;/q2*-1;;;+4/p-2. The van der Waals surface area contributed by atoms with E-state index in [2.05, 4.69) is 126 Å². The molecule has 0 atom stereocenters. The minimum Gasteiger partial charge on any atom is -0.184 e. The summed E-state index contributed by atoms with van der Waals surface area (Å²) in [7, 11) is 10.7. The van der Waals surface area contributed by atoms with Crippen LogP contribution in [0.15, 0.2) is 91.0 Å². The summed E-state index contributed by atoms with van der Waals surface area (Å²) in [5, 5.41) is 5.58. The first kappa shape index (κ1) is 29.2.